The van der Waals surface area contributed by atoms with Crippen LogP contribution in [0.25, 0.3) is 6.08 Å². The lowest BCUT2D eigenvalue weighted by atomic mass is 9.77. The lowest BCUT2D eigenvalue weighted by Gasteiger charge is -2.32. The van der Waals surface area contributed by atoms with Gasteiger partial charge in [-0.3, -0.25) is 9.78 Å². The number of aromatic nitrogens is 1. The van der Waals surface area contributed by atoms with Crippen LogP contribution in [0.1, 0.15) is 43.7 Å². The van der Waals surface area contributed by atoms with Crippen molar-refractivity contribution in [3.63, 3.8) is 0 Å². The van der Waals surface area contributed by atoms with E-state index in [4.69, 9.17) is 9.31 Å². The standard InChI is InChI=1S/C16H23BN2O3/c1-15(2)16(3,4)22-17(21-15)13(10-18-5)8-14-7-6-12(11-20)9-19-14/h6-9,11,18H,10H2,1-5H3. The van der Waals surface area contributed by atoms with Gasteiger partial charge in [0, 0.05) is 18.3 Å². The Morgan fingerprint density at radius 1 is 1.27 bits per heavy atom. The van der Waals surface area contributed by atoms with Gasteiger partial charge in [-0.15, -0.1) is 0 Å². The summed E-state index contributed by atoms with van der Waals surface area (Å²) in [6.45, 7) is 8.75. The molecule has 2 rings (SSSR count). The number of hydrogen-bond acceptors (Lipinski definition) is 5. The minimum Gasteiger partial charge on any atom is -0.400 e. The predicted molar refractivity (Wildman–Crippen MR) is 87.6 cm³/mol. The van der Waals surface area contributed by atoms with E-state index in [1.54, 1.807) is 12.3 Å². The fraction of sp³-hybridized carbons (Fsp3) is 0.500. The van der Waals surface area contributed by atoms with Crippen LogP contribution in [0.3, 0.4) is 0 Å². The third kappa shape index (κ3) is 3.46. The van der Waals surface area contributed by atoms with Crippen LogP contribution in [0.4, 0.5) is 0 Å². The Hall–Kier alpha value is -1.50. The van der Waals surface area contributed by atoms with Crippen molar-refractivity contribution in [2.75, 3.05) is 13.6 Å². The molecule has 0 aromatic carbocycles. The van der Waals surface area contributed by atoms with Crippen LogP contribution in [0.5, 0.6) is 0 Å². The Labute approximate surface area is 132 Å². The molecule has 1 N–H and O–H groups in total. The monoisotopic (exact) mass is 302 g/mol. The Balaban J connectivity index is 2.26. The zero-order valence-electron chi connectivity index (χ0n) is 13.8. The molecule has 0 aliphatic carbocycles. The first-order valence-corrected chi connectivity index (χ1v) is 7.41. The number of likely N-dealkylation sites (N-methyl/N-ethyl adjacent to an activating group) is 1. The fourth-order valence-corrected chi connectivity index (χ4v) is 2.16. The summed E-state index contributed by atoms with van der Waals surface area (Å²) in [5.74, 6) is 0. The van der Waals surface area contributed by atoms with Crippen LogP contribution >= 0.6 is 0 Å². The molecule has 1 saturated heterocycles. The highest BCUT2D eigenvalue weighted by Crippen LogP contribution is 2.38. The molecule has 0 bridgehead atoms. The summed E-state index contributed by atoms with van der Waals surface area (Å²) in [6, 6.07) is 3.55. The molecule has 0 unspecified atom stereocenters. The summed E-state index contributed by atoms with van der Waals surface area (Å²) in [5, 5.41) is 3.13. The Morgan fingerprint density at radius 3 is 2.36 bits per heavy atom. The third-order valence-electron chi connectivity index (χ3n) is 4.22. The van der Waals surface area contributed by atoms with Crippen molar-refractivity contribution in [3.8, 4) is 0 Å². The van der Waals surface area contributed by atoms with Crippen molar-refractivity contribution in [3.05, 3.63) is 35.1 Å². The lowest BCUT2D eigenvalue weighted by Crippen LogP contribution is -2.41. The molecular formula is C16H23BN2O3. The fourth-order valence-electron chi connectivity index (χ4n) is 2.16. The van der Waals surface area contributed by atoms with Crippen LogP contribution in [-0.4, -0.2) is 43.2 Å². The predicted octanol–water partition coefficient (Wildman–Crippen LogP) is 2.13. The molecule has 2 heterocycles. The minimum atomic E-state index is -0.412. The van der Waals surface area contributed by atoms with Crippen LogP contribution in [0, 0.1) is 0 Å². The summed E-state index contributed by atoms with van der Waals surface area (Å²) in [6.07, 6.45) is 4.27. The first-order valence-electron chi connectivity index (χ1n) is 7.41. The lowest BCUT2D eigenvalue weighted by molar-refractivity contribution is 0.00578. The average Bonchev–Trinajstić information content (AvgIpc) is 2.68. The molecular weight excluding hydrogens is 279 g/mol. The van der Waals surface area contributed by atoms with Crippen molar-refractivity contribution < 1.29 is 14.1 Å². The highest BCUT2D eigenvalue weighted by molar-refractivity contribution is 6.55. The molecule has 1 fully saturated rings. The third-order valence-corrected chi connectivity index (χ3v) is 4.22. The molecule has 5 nitrogen and oxygen atoms in total. The highest BCUT2D eigenvalue weighted by atomic mass is 16.7. The first kappa shape index (κ1) is 16.9. The van der Waals surface area contributed by atoms with Crippen molar-refractivity contribution in [2.45, 2.75) is 38.9 Å². The van der Waals surface area contributed by atoms with Crippen molar-refractivity contribution in [1.82, 2.24) is 10.3 Å². The molecule has 6 heteroatoms. The summed E-state index contributed by atoms with van der Waals surface area (Å²) in [4.78, 5) is 15.0. The number of carbonyl (C=O) groups is 1. The molecule has 118 valence electrons. The molecule has 0 spiro atoms. The van der Waals surface area contributed by atoms with Crippen LogP contribution in [-0.2, 0) is 9.31 Å². The van der Waals surface area contributed by atoms with Crippen LogP contribution in [0.2, 0.25) is 0 Å². The van der Waals surface area contributed by atoms with Gasteiger partial charge in [0.2, 0.25) is 0 Å². The van der Waals surface area contributed by atoms with Gasteiger partial charge in [-0.2, -0.15) is 0 Å². The van der Waals surface area contributed by atoms with Crippen LogP contribution in [0.15, 0.2) is 23.8 Å². The topological polar surface area (TPSA) is 60.5 Å². The van der Waals surface area contributed by atoms with E-state index in [0.29, 0.717) is 12.1 Å². The second-order valence-corrected chi connectivity index (χ2v) is 6.47. The van der Waals surface area contributed by atoms with E-state index in [0.717, 1.165) is 17.5 Å². The molecule has 22 heavy (non-hydrogen) atoms. The van der Waals surface area contributed by atoms with Gasteiger partial charge in [0.15, 0.2) is 6.29 Å². The number of nitrogens with one attached hydrogen (secondary N) is 1. The maximum absolute atomic E-state index is 10.7. The van der Waals surface area contributed by atoms with E-state index >= 15 is 0 Å². The minimum absolute atomic E-state index is 0.376. The van der Waals surface area contributed by atoms with Gasteiger partial charge in [-0.25, -0.2) is 0 Å². The zero-order chi connectivity index (χ0) is 16.4. The highest BCUT2D eigenvalue weighted by Gasteiger charge is 2.52. The van der Waals surface area contributed by atoms with Gasteiger partial charge in [0.05, 0.1) is 16.9 Å². The Kier molecular flexibility index (Phi) is 4.85. The van der Waals surface area contributed by atoms with Crippen molar-refractivity contribution in [2.24, 2.45) is 0 Å². The van der Waals surface area contributed by atoms with Gasteiger partial charge in [0.25, 0.3) is 0 Å². The molecule has 0 amide bonds. The summed E-state index contributed by atoms with van der Waals surface area (Å²) in [5.41, 5.74) is 1.54. The molecule has 1 aromatic heterocycles. The van der Waals surface area contributed by atoms with E-state index in [1.165, 1.54) is 0 Å². The molecule has 0 saturated carbocycles. The second-order valence-electron chi connectivity index (χ2n) is 6.47. The molecule has 1 aliphatic heterocycles. The number of hydrogen-bond donors (Lipinski definition) is 1. The summed E-state index contributed by atoms with van der Waals surface area (Å²) in [7, 11) is 1.46. The number of nitrogens with zero attached hydrogens (tertiary/aromatic N) is 1. The van der Waals surface area contributed by atoms with E-state index in [-0.39, 0.29) is 11.2 Å². The largest absolute Gasteiger partial charge is 0.491 e. The zero-order valence-corrected chi connectivity index (χ0v) is 13.8. The van der Waals surface area contributed by atoms with E-state index in [2.05, 4.69) is 10.3 Å². The number of aldehydes is 1. The Morgan fingerprint density at radius 2 is 1.91 bits per heavy atom. The number of rotatable bonds is 5. The van der Waals surface area contributed by atoms with Gasteiger partial charge >= 0.3 is 7.12 Å². The van der Waals surface area contributed by atoms with Gasteiger partial charge in [0.1, 0.15) is 0 Å². The van der Waals surface area contributed by atoms with E-state index < -0.39 is 7.12 Å². The van der Waals surface area contributed by atoms with Crippen molar-refractivity contribution in [1.29, 1.82) is 0 Å². The molecule has 1 aliphatic rings. The SMILES string of the molecule is CNCC(=Cc1ccc(C=O)cn1)B1OC(C)(C)C(C)(C)O1. The summed E-state index contributed by atoms with van der Waals surface area (Å²) < 4.78 is 12.2. The molecule has 0 atom stereocenters. The number of pyridine rings is 1. The van der Waals surface area contributed by atoms with Crippen LogP contribution < -0.4 is 5.32 Å². The average molecular weight is 302 g/mol. The second kappa shape index (κ2) is 6.32. The smallest absolute Gasteiger partial charge is 0.400 e. The quantitative estimate of drug-likeness (QED) is 0.667. The molecule has 1 aromatic rings. The normalized spacial score (nSPS) is 20.2. The molecule has 0 radical (unpaired) electrons. The Bertz CT molecular complexity index is 551. The van der Waals surface area contributed by atoms with Gasteiger partial charge < -0.3 is 14.6 Å². The maximum Gasteiger partial charge on any atom is 0.491 e. The van der Waals surface area contributed by atoms with E-state index in [9.17, 15) is 4.79 Å². The van der Waals surface area contributed by atoms with Gasteiger partial charge in [-0.05, 0) is 58.4 Å². The van der Waals surface area contributed by atoms with Gasteiger partial charge in [-0.1, -0.05) is 0 Å². The van der Waals surface area contributed by atoms with Crippen molar-refractivity contribution >= 4 is 19.5 Å². The van der Waals surface area contributed by atoms with E-state index in [1.807, 2.05) is 46.9 Å². The number of carbonyl (C=O) groups excluding carboxylic acids is 1. The maximum atomic E-state index is 10.7. The summed E-state index contributed by atoms with van der Waals surface area (Å²) >= 11 is 0. The first-order chi connectivity index (χ1) is 10.3.